The number of aromatic nitrogens is 1. The van der Waals surface area contributed by atoms with Crippen molar-refractivity contribution in [2.45, 2.75) is 27.4 Å². The van der Waals surface area contributed by atoms with Crippen molar-refractivity contribution in [1.29, 1.82) is 5.26 Å². The van der Waals surface area contributed by atoms with Gasteiger partial charge in [0.2, 0.25) is 0 Å². The number of nitriles is 1. The maximum atomic E-state index is 11.9. The van der Waals surface area contributed by atoms with Crippen LogP contribution in [-0.2, 0) is 11.4 Å². The van der Waals surface area contributed by atoms with Crippen LogP contribution in [0, 0.1) is 24.2 Å². The zero-order valence-electron chi connectivity index (χ0n) is 13.4. The summed E-state index contributed by atoms with van der Waals surface area (Å²) in [6.07, 6.45) is 1.61. The Bertz CT molecular complexity index is 752. The number of benzene rings is 1. The molecule has 0 spiro atoms. The molecule has 0 aliphatic carbocycles. The Morgan fingerprint density at radius 2 is 2.09 bits per heavy atom. The third kappa shape index (κ3) is 4.76. The van der Waals surface area contributed by atoms with E-state index in [1.165, 1.54) is 0 Å². The molecule has 0 fully saturated rings. The Kier molecular flexibility index (Phi) is 5.67. The normalized spacial score (nSPS) is 11.3. The predicted molar refractivity (Wildman–Crippen MR) is 91.1 cm³/mol. The van der Waals surface area contributed by atoms with Crippen molar-refractivity contribution in [1.82, 2.24) is 4.98 Å². The molecule has 23 heavy (non-hydrogen) atoms. The van der Waals surface area contributed by atoms with E-state index in [4.69, 9.17) is 10.00 Å². The van der Waals surface area contributed by atoms with Crippen molar-refractivity contribution >= 4 is 23.2 Å². The van der Waals surface area contributed by atoms with Gasteiger partial charge in [0.25, 0.3) is 0 Å². The fourth-order valence-corrected chi connectivity index (χ4v) is 2.53. The number of hydrogen-bond donors (Lipinski definition) is 0. The number of carbonyl (C=O) groups excluding carboxylic acids is 1. The minimum atomic E-state index is -0.190. The lowest BCUT2D eigenvalue weighted by Gasteiger charge is -2.05. The third-order valence-electron chi connectivity index (χ3n) is 3.15. The number of rotatable bonds is 6. The van der Waals surface area contributed by atoms with Crippen molar-refractivity contribution in [3.63, 3.8) is 0 Å². The van der Waals surface area contributed by atoms with E-state index in [1.54, 1.807) is 31.3 Å². The maximum Gasteiger partial charge on any atom is 0.175 e. The number of aryl methyl sites for hydroxylation is 1. The van der Waals surface area contributed by atoms with Gasteiger partial charge in [-0.3, -0.25) is 4.79 Å². The Hall–Kier alpha value is -2.45. The second-order valence-electron chi connectivity index (χ2n) is 5.40. The van der Waals surface area contributed by atoms with Gasteiger partial charge in [0.05, 0.1) is 16.3 Å². The van der Waals surface area contributed by atoms with Crippen LogP contribution in [0.2, 0.25) is 0 Å². The summed E-state index contributed by atoms with van der Waals surface area (Å²) in [6.45, 7) is 5.95. The number of nitrogens with zero attached hydrogens (tertiary/aromatic N) is 2. The minimum Gasteiger partial charge on any atom is -0.487 e. The molecule has 2 aromatic rings. The average Bonchev–Trinajstić information content (AvgIpc) is 2.96. The molecule has 5 heteroatoms. The zero-order valence-corrected chi connectivity index (χ0v) is 14.2. The molecule has 2 rings (SSSR count). The molecule has 0 N–H and O–H groups in total. The molecule has 4 nitrogen and oxygen atoms in total. The van der Waals surface area contributed by atoms with Crippen molar-refractivity contribution in [3.8, 4) is 11.8 Å². The summed E-state index contributed by atoms with van der Waals surface area (Å²) < 4.78 is 5.67. The summed E-state index contributed by atoms with van der Waals surface area (Å²) in [5.41, 5.74) is 1.88. The lowest BCUT2D eigenvalue weighted by molar-refractivity contribution is -0.117. The van der Waals surface area contributed by atoms with Gasteiger partial charge < -0.3 is 4.74 Å². The quantitative estimate of drug-likeness (QED) is 0.590. The van der Waals surface area contributed by atoms with Gasteiger partial charge in [-0.05, 0) is 30.7 Å². The SMILES string of the molecule is Cc1nc(COc2ccc(/C=C(/C#N)C(=O)C(C)C)cc2)cs1. The molecule has 0 unspecified atom stereocenters. The standard InChI is InChI=1S/C18H18N2O2S/c1-12(2)18(21)15(9-19)8-14-4-6-17(7-5-14)22-10-16-11-23-13(3)20-16/h4-8,11-12H,10H2,1-3H3/b15-8-. The lowest BCUT2D eigenvalue weighted by atomic mass is 10.00. The van der Waals surface area contributed by atoms with E-state index in [-0.39, 0.29) is 17.3 Å². The number of hydrogen-bond acceptors (Lipinski definition) is 5. The van der Waals surface area contributed by atoms with E-state index in [2.05, 4.69) is 4.98 Å². The van der Waals surface area contributed by atoms with Crippen LogP contribution in [0.3, 0.4) is 0 Å². The highest BCUT2D eigenvalue weighted by atomic mass is 32.1. The molecular formula is C18H18N2O2S. The molecule has 1 aromatic carbocycles. The first kappa shape index (κ1) is 16.9. The van der Waals surface area contributed by atoms with Crippen molar-refractivity contribution in [3.05, 3.63) is 51.5 Å². The smallest absolute Gasteiger partial charge is 0.175 e. The topological polar surface area (TPSA) is 63.0 Å². The molecule has 0 bridgehead atoms. The van der Waals surface area contributed by atoms with Crippen molar-refractivity contribution < 1.29 is 9.53 Å². The van der Waals surface area contributed by atoms with Gasteiger partial charge in [-0.25, -0.2) is 4.98 Å². The van der Waals surface area contributed by atoms with Crippen LogP contribution in [0.5, 0.6) is 5.75 Å². The molecule has 0 aliphatic heterocycles. The Balaban J connectivity index is 2.04. The number of ketones is 1. The lowest BCUT2D eigenvalue weighted by Crippen LogP contribution is -2.08. The van der Waals surface area contributed by atoms with Crippen molar-refractivity contribution in [2.75, 3.05) is 0 Å². The summed E-state index contributed by atoms with van der Waals surface area (Å²) >= 11 is 1.59. The van der Waals surface area contributed by atoms with Crippen LogP contribution < -0.4 is 4.74 Å². The Labute approximate surface area is 140 Å². The maximum absolute atomic E-state index is 11.9. The summed E-state index contributed by atoms with van der Waals surface area (Å²) in [5.74, 6) is 0.387. The van der Waals surface area contributed by atoms with Gasteiger partial charge in [-0.2, -0.15) is 5.26 Å². The Morgan fingerprint density at radius 1 is 1.39 bits per heavy atom. The van der Waals surface area contributed by atoms with Gasteiger partial charge in [-0.1, -0.05) is 26.0 Å². The summed E-state index contributed by atoms with van der Waals surface area (Å²) in [6, 6.07) is 9.26. The van der Waals surface area contributed by atoms with Crippen LogP contribution in [0.25, 0.3) is 6.08 Å². The number of thiazole rings is 1. The largest absolute Gasteiger partial charge is 0.487 e. The van der Waals surface area contributed by atoms with Crippen LogP contribution >= 0.6 is 11.3 Å². The molecule has 0 saturated carbocycles. The first-order valence-electron chi connectivity index (χ1n) is 7.29. The van der Waals surface area contributed by atoms with Gasteiger partial charge >= 0.3 is 0 Å². The number of allylic oxidation sites excluding steroid dienone is 1. The van der Waals surface area contributed by atoms with Crippen LogP contribution in [0.4, 0.5) is 0 Å². The van der Waals surface area contributed by atoms with Gasteiger partial charge in [0.1, 0.15) is 18.4 Å². The highest BCUT2D eigenvalue weighted by molar-refractivity contribution is 7.09. The van der Waals surface area contributed by atoms with Gasteiger partial charge in [0, 0.05) is 11.3 Å². The second-order valence-corrected chi connectivity index (χ2v) is 6.47. The number of carbonyl (C=O) groups is 1. The highest BCUT2D eigenvalue weighted by Crippen LogP contribution is 2.18. The first-order chi connectivity index (χ1) is 11.0. The highest BCUT2D eigenvalue weighted by Gasteiger charge is 2.13. The molecule has 0 amide bonds. The molecule has 0 saturated heterocycles. The zero-order chi connectivity index (χ0) is 16.8. The van der Waals surface area contributed by atoms with E-state index in [0.29, 0.717) is 6.61 Å². The van der Waals surface area contributed by atoms with Gasteiger partial charge in [0.15, 0.2) is 5.78 Å². The molecule has 0 radical (unpaired) electrons. The van der Waals surface area contributed by atoms with E-state index in [9.17, 15) is 4.79 Å². The predicted octanol–water partition coefficient (Wildman–Crippen LogP) is 4.16. The van der Waals surface area contributed by atoms with E-state index in [1.807, 2.05) is 42.6 Å². The summed E-state index contributed by atoms with van der Waals surface area (Å²) in [7, 11) is 0. The fraction of sp³-hybridized carbons (Fsp3) is 0.278. The molecule has 0 aliphatic rings. The monoisotopic (exact) mass is 326 g/mol. The second kappa shape index (κ2) is 7.70. The number of Topliss-reactive ketones (excluding diaryl/α,β-unsaturated/α-hetero) is 1. The Morgan fingerprint density at radius 3 is 2.61 bits per heavy atom. The van der Waals surface area contributed by atoms with Crippen LogP contribution in [0.15, 0.2) is 35.2 Å². The number of ether oxygens (including phenoxy) is 1. The third-order valence-corrected chi connectivity index (χ3v) is 3.98. The van der Waals surface area contributed by atoms with Crippen LogP contribution in [0.1, 0.15) is 30.1 Å². The minimum absolute atomic E-state index is 0.147. The first-order valence-corrected chi connectivity index (χ1v) is 8.17. The molecule has 0 atom stereocenters. The molecule has 1 heterocycles. The van der Waals surface area contributed by atoms with E-state index < -0.39 is 0 Å². The molecular weight excluding hydrogens is 308 g/mol. The summed E-state index contributed by atoms with van der Waals surface area (Å²) in [4.78, 5) is 16.2. The summed E-state index contributed by atoms with van der Waals surface area (Å²) in [5, 5.41) is 12.1. The molecule has 118 valence electrons. The fourth-order valence-electron chi connectivity index (χ4n) is 1.93. The van der Waals surface area contributed by atoms with Crippen LogP contribution in [-0.4, -0.2) is 10.8 Å². The van der Waals surface area contributed by atoms with Gasteiger partial charge in [-0.15, -0.1) is 11.3 Å². The van der Waals surface area contributed by atoms with Crippen molar-refractivity contribution in [2.24, 2.45) is 5.92 Å². The van der Waals surface area contributed by atoms with E-state index in [0.717, 1.165) is 22.0 Å². The molecule has 1 aromatic heterocycles. The van der Waals surface area contributed by atoms with E-state index >= 15 is 0 Å². The average molecular weight is 326 g/mol.